The number of imidazole rings is 1. The first-order chi connectivity index (χ1) is 19.7. The Labute approximate surface area is 242 Å². The molecule has 1 fully saturated rings. The van der Waals surface area contributed by atoms with E-state index >= 15 is 4.39 Å². The number of ether oxygens (including phenoxy) is 1. The Morgan fingerprint density at radius 2 is 2.00 bits per heavy atom. The van der Waals surface area contributed by atoms with E-state index in [1.807, 2.05) is 30.3 Å². The molecule has 4 aromatic rings. The molecule has 2 aliphatic heterocycles. The van der Waals surface area contributed by atoms with Crippen molar-refractivity contribution >= 4 is 46.6 Å². The van der Waals surface area contributed by atoms with Crippen molar-refractivity contribution in [2.24, 2.45) is 0 Å². The molecule has 9 nitrogen and oxygen atoms in total. The van der Waals surface area contributed by atoms with Crippen LogP contribution >= 0.6 is 22.9 Å². The average Bonchev–Trinajstić information content (AvgIpc) is 3.64. The molecule has 2 aliphatic rings. The van der Waals surface area contributed by atoms with Gasteiger partial charge in [0.15, 0.2) is 11.4 Å². The van der Waals surface area contributed by atoms with Gasteiger partial charge in [-0.2, -0.15) is 0 Å². The van der Waals surface area contributed by atoms with Crippen molar-refractivity contribution in [2.45, 2.75) is 30.8 Å². The lowest BCUT2D eigenvalue weighted by Crippen LogP contribution is -2.54. The molecule has 2 amide bonds. The van der Waals surface area contributed by atoms with Gasteiger partial charge in [0.25, 0.3) is 0 Å². The molecule has 0 saturated carbocycles. The van der Waals surface area contributed by atoms with Crippen LogP contribution in [0.3, 0.4) is 0 Å². The number of aromatic nitrogens is 2. The SMILES string of the molecule is O=C1Nc2ccc(Cl)c(F)c2C2(CCCN(C(=O)C(Cc3ccccc3)c3ncc(-c4ccc(C(=O)O)s4)[nH]3)C2)O1. The Kier molecular flexibility index (Phi) is 7.00. The zero-order valence-electron chi connectivity index (χ0n) is 21.5. The molecule has 2 atom stereocenters. The lowest BCUT2D eigenvalue weighted by atomic mass is 9.82. The first-order valence-corrected chi connectivity index (χ1v) is 14.1. The number of anilines is 1. The minimum atomic E-state index is -1.39. The molecule has 6 rings (SSSR count). The molecule has 210 valence electrons. The summed E-state index contributed by atoms with van der Waals surface area (Å²) in [6.45, 7) is 0.337. The predicted molar refractivity (Wildman–Crippen MR) is 151 cm³/mol. The van der Waals surface area contributed by atoms with Crippen LogP contribution in [0.25, 0.3) is 10.6 Å². The highest BCUT2D eigenvalue weighted by Crippen LogP contribution is 2.45. The number of H-pyrrole nitrogens is 1. The van der Waals surface area contributed by atoms with Gasteiger partial charge in [0.1, 0.15) is 16.6 Å². The van der Waals surface area contributed by atoms with Gasteiger partial charge in [-0.25, -0.2) is 19.0 Å². The van der Waals surface area contributed by atoms with Gasteiger partial charge in [0.2, 0.25) is 5.91 Å². The number of nitrogens with one attached hydrogen (secondary N) is 2. The molecule has 2 aromatic heterocycles. The number of thiophene rings is 1. The number of carbonyl (C=O) groups is 3. The number of hydrogen-bond donors (Lipinski definition) is 3. The quantitative estimate of drug-likeness (QED) is 0.250. The van der Waals surface area contributed by atoms with Crippen LogP contribution in [0.2, 0.25) is 5.02 Å². The molecule has 12 heteroatoms. The third kappa shape index (κ3) is 5.07. The molecular formula is C29H24ClFN4O5S. The third-order valence-electron chi connectivity index (χ3n) is 7.43. The minimum Gasteiger partial charge on any atom is -0.477 e. The second kappa shape index (κ2) is 10.6. The number of amides is 2. The number of hydrogen-bond acceptors (Lipinski definition) is 6. The number of aromatic amines is 1. The molecule has 2 aromatic carbocycles. The molecule has 41 heavy (non-hydrogen) atoms. The monoisotopic (exact) mass is 594 g/mol. The zero-order chi connectivity index (χ0) is 28.7. The van der Waals surface area contributed by atoms with E-state index in [0.717, 1.165) is 16.9 Å². The number of carboxylic acid groups (broad SMARTS) is 1. The molecular weight excluding hydrogens is 571 g/mol. The van der Waals surface area contributed by atoms with E-state index in [1.54, 1.807) is 17.2 Å². The fraction of sp³-hybridized carbons (Fsp3) is 0.241. The Hall–Kier alpha value is -4.22. The topological polar surface area (TPSA) is 125 Å². The van der Waals surface area contributed by atoms with E-state index in [2.05, 4.69) is 15.3 Å². The molecule has 3 N–H and O–H groups in total. The highest BCUT2D eigenvalue weighted by Gasteiger charge is 2.49. The summed E-state index contributed by atoms with van der Waals surface area (Å²) in [5.74, 6) is -2.29. The summed E-state index contributed by atoms with van der Waals surface area (Å²) in [4.78, 5) is 48.3. The van der Waals surface area contributed by atoms with Crippen LogP contribution in [-0.2, 0) is 21.6 Å². The number of benzene rings is 2. The highest BCUT2D eigenvalue weighted by atomic mass is 35.5. The number of aromatic carboxylic acids is 1. The Morgan fingerprint density at radius 1 is 1.20 bits per heavy atom. The fourth-order valence-corrected chi connectivity index (χ4v) is 6.54. The van der Waals surface area contributed by atoms with Crippen molar-refractivity contribution in [1.82, 2.24) is 14.9 Å². The third-order valence-corrected chi connectivity index (χ3v) is 8.83. The lowest BCUT2D eigenvalue weighted by Gasteiger charge is -2.45. The van der Waals surface area contributed by atoms with E-state index in [9.17, 15) is 19.5 Å². The van der Waals surface area contributed by atoms with Crippen LogP contribution in [-0.4, -0.2) is 51.0 Å². The van der Waals surface area contributed by atoms with E-state index in [4.69, 9.17) is 16.3 Å². The van der Waals surface area contributed by atoms with Crippen molar-refractivity contribution in [3.05, 3.63) is 93.5 Å². The Morgan fingerprint density at radius 3 is 2.76 bits per heavy atom. The summed E-state index contributed by atoms with van der Waals surface area (Å²) in [7, 11) is 0. The van der Waals surface area contributed by atoms with Gasteiger partial charge in [-0.15, -0.1) is 11.3 Å². The maximum Gasteiger partial charge on any atom is 0.412 e. The van der Waals surface area contributed by atoms with Crippen LogP contribution in [0.4, 0.5) is 14.9 Å². The first-order valence-electron chi connectivity index (χ1n) is 12.9. The number of rotatable bonds is 6. The van der Waals surface area contributed by atoms with Crippen LogP contribution < -0.4 is 5.32 Å². The molecule has 1 saturated heterocycles. The van der Waals surface area contributed by atoms with Crippen LogP contribution in [0, 0.1) is 5.82 Å². The van der Waals surface area contributed by atoms with Crippen LogP contribution in [0.15, 0.2) is 60.8 Å². The molecule has 2 unspecified atom stereocenters. The largest absolute Gasteiger partial charge is 0.477 e. The normalized spacial score (nSPS) is 18.9. The van der Waals surface area contributed by atoms with Crippen molar-refractivity contribution in [2.75, 3.05) is 18.4 Å². The van der Waals surface area contributed by atoms with E-state index in [-0.39, 0.29) is 33.6 Å². The summed E-state index contributed by atoms with van der Waals surface area (Å²) in [6, 6.07) is 15.6. The van der Waals surface area contributed by atoms with Gasteiger partial charge >= 0.3 is 12.1 Å². The number of piperidine rings is 1. The predicted octanol–water partition coefficient (Wildman–Crippen LogP) is 6.04. The highest BCUT2D eigenvalue weighted by molar-refractivity contribution is 7.17. The number of halogens is 2. The first kappa shape index (κ1) is 27.0. The lowest BCUT2D eigenvalue weighted by molar-refractivity contribution is -0.141. The number of nitrogens with zero attached hydrogens (tertiary/aromatic N) is 2. The standard InChI is InChI=1S/C29H24ClFN4O5S/c30-18-7-8-19-23(24(18)31)29(40-28(39)34-19)11-4-12-35(15-29)26(36)17(13-16-5-2-1-3-6-16)25-32-14-20(33-25)21-9-10-22(41-21)27(37)38/h1-3,5-10,14,17H,4,11-13,15H2,(H,32,33)(H,34,39)(H,37,38). The summed E-state index contributed by atoms with van der Waals surface area (Å²) in [5, 5.41) is 11.7. The average molecular weight is 595 g/mol. The van der Waals surface area contributed by atoms with E-state index < -0.39 is 29.4 Å². The number of carboxylic acids is 1. The smallest absolute Gasteiger partial charge is 0.412 e. The second-order valence-electron chi connectivity index (χ2n) is 10.0. The van der Waals surface area contributed by atoms with Crippen molar-refractivity contribution < 1.29 is 28.6 Å². The molecule has 0 radical (unpaired) electrons. The van der Waals surface area contributed by atoms with Gasteiger partial charge in [-0.1, -0.05) is 41.9 Å². The minimum absolute atomic E-state index is 0.0464. The molecule has 1 spiro atoms. The summed E-state index contributed by atoms with van der Waals surface area (Å²) in [5.41, 5.74) is 0.517. The van der Waals surface area contributed by atoms with Crippen LogP contribution in [0.5, 0.6) is 0 Å². The maximum atomic E-state index is 15.4. The van der Waals surface area contributed by atoms with Gasteiger partial charge < -0.3 is 19.7 Å². The second-order valence-corrected chi connectivity index (χ2v) is 11.5. The number of likely N-dealkylation sites (tertiary alicyclic amines) is 1. The summed E-state index contributed by atoms with van der Waals surface area (Å²) in [6.07, 6.45) is 1.99. The van der Waals surface area contributed by atoms with Gasteiger partial charge in [-0.05, 0) is 49.1 Å². The van der Waals surface area contributed by atoms with Gasteiger partial charge in [-0.3, -0.25) is 10.1 Å². The van der Waals surface area contributed by atoms with Crippen molar-refractivity contribution in [3.63, 3.8) is 0 Å². The van der Waals surface area contributed by atoms with Crippen molar-refractivity contribution in [3.8, 4) is 10.6 Å². The zero-order valence-corrected chi connectivity index (χ0v) is 23.1. The molecule has 0 aliphatic carbocycles. The maximum absolute atomic E-state index is 15.4. The van der Waals surface area contributed by atoms with E-state index in [0.29, 0.717) is 42.2 Å². The molecule has 0 bridgehead atoms. The summed E-state index contributed by atoms with van der Waals surface area (Å²) >= 11 is 7.21. The fourth-order valence-electron chi connectivity index (χ4n) is 5.57. The summed E-state index contributed by atoms with van der Waals surface area (Å²) < 4.78 is 21.1. The number of carbonyl (C=O) groups excluding carboxylic acids is 2. The number of fused-ring (bicyclic) bond motifs is 2. The Balaban J connectivity index is 1.34. The van der Waals surface area contributed by atoms with Crippen LogP contribution in [0.1, 0.15) is 45.4 Å². The Bertz CT molecular complexity index is 1660. The van der Waals surface area contributed by atoms with Crippen molar-refractivity contribution in [1.29, 1.82) is 0 Å². The van der Waals surface area contributed by atoms with E-state index in [1.165, 1.54) is 18.2 Å². The van der Waals surface area contributed by atoms with Gasteiger partial charge in [0.05, 0.1) is 39.6 Å². The van der Waals surface area contributed by atoms with Gasteiger partial charge in [0, 0.05) is 6.54 Å². The molecule has 4 heterocycles.